The molecule has 1 fully saturated rings. The number of carbonyl (C=O) groups is 2. The highest BCUT2D eigenvalue weighted by atomic mass is 19.4. The normalized spacial score (nSPS) is 13.8. The number of hydrogen-bond acceptors (Lipinski definition) is 2. The lowest BCUT2D eigenvalue weighted by Crippen LogP contribution is -2.46. The Bertz CT molecular complexity index is 951. The van der Waals surface area contributed by atoms with Crippen LogP contribution in [0.3, 0.4) is 0 Å². The number of nitrogens with one attached hydrogen (secondary N) is 1. The van der Waals surface area contributed by atoms with Gasteiger partial charge in [-0.1, -0.05) is 26.0 Å². The quantitative estimate of drug-likeness (QED) is 0.633. The number of para-hydroxylation sites is 1. The molecule has 3 amide bonds. The minimum absolute atomic E-state index is 0.145. The SMILES string of the molecule is CC(C)CN(Cc1cccn1C)C(=O)CN(C(=O)Nc1ccccc1C(F)(F)F)C1CC1. The van der Waals surface area contributed by atoms with Crippen LogP contribution in [0.1, 0.15) is 37.9 Å². The molecule has 1 heterocycles. The maximum Gasteiger partial charge on any atom is 0.418 e. The third-order valence-electron chi connectivity index (χ3n) is 5.37. The molecule has 1 aliphatic carbocycles. The van der Waals surface area contributed by atoms with Gasteiger partial charge in [0.05, 0.1) is 17.8 Å². The van der Waals surface area contributed by atoms with Crippen molar-refractivity contribution < 1.29 is 22.8 Å². The Labute approximate surface area is 186 Å². The summed E-state index contributed by atoms with van der Waals surface area (Å²) < 4.78 is 41.8. The summed E-state index contributed by atoms with van der Waals surface area (Å²) in [5.74, 6) is -0.00728. The van der Waals surface area contributed by atoms with E-state index in [1.54, 1.807) is 4.90 Å². The minimum atomic E-state index is -4.59. The summed E-state index contributed by atoms with van der Waals surface area (Å²) in [6.07, 6.45) is -1.24. The molecular formula is C23H29F3N4O2. The van der Waals surface area contributed by atoms with Crippen molar-refractivity contribution in [2.45, 2.75) is 45.5 Å². The average molecular weight is 451 g/mol. The van der Waals surface area contributed by atoms with E-state index in [0.717, 1.165) is 24.6 Å². The molecule has 3 rings (SSSR count). The van der Waals surface area contributed by atoms with E-state index in [1.165, 1.54) is 23.1 Å². The predicted molar refractivity (Wildman–Crippen MR) is 116 cm³/mol. The van der Waals surface area contributed by atoms with Crippen molar-refractivity contribution in [3.05, 3.63) is 53.9 Å². The molecule has 0 radical (unpaired) electrons. The van der Waals surface area contributed by atoms with E-state index in [4.69, 9.17) is 0 Å². The van der Waals surface area contributed by atoms with E-state index < -0.39 is 17.8 Å². The highest BCUT2D eigenvalue weighted by molar-refractivity contribution is 5.93. The van der Waals surface area contributed by atoms with Gasteiger partial charge in [0.2, 0.25) is 5.91 Å². The smallest absolute Gasteiger partial charge is 0.353 e. The lowest BCUT2D eigenvalue weighted by Gasteiger charge is -2.29. The number of aryl methyl sites for hydroxylation is 1. The molecule has 9 heteroatoms. The highest BCUT2D eigenvalue weighted by Crippen LogP contribution is 2.35. The number of rotatable bonds is 8. The van der Waals surface area contributed by atoms with Crippen molar-refractivity contribution in [3.8, 4) is 0 Å². The summed E-state index contributed by atoms with van der Waals surface area (Å²) in [6.45, 7) is 4.75. The number of hydrogen-bond donors (Lipinski definition) is 1. The molecule has 0 aliphatic heterocycles. The van der Waals surface area contributed by atoms with Crippen molar-refractivity contribution >= 4 is 17.6 Å². The molecule has 174 valence electrons. The fourth-order valence-corrected chi connectivity index (χ4v) is 3.58. The van der Waals surface area contributed by atoms with Crippen LogP contribution < -0.4 is 5.32 Å². The first-order valence-corrected chi connectivity index (χ1v) is 10.7. The molecule has 2 aromatic rings. The van der Waals surface area contributed by atoms with E-state index in [1.807, 2.05) is 43.8 Å². The van der Waals surface area contributed by atoms with E-state index in [9.17, 15) is 22.8 Å². The van der Waals surface area contributed by atoms with E-state index in [-0.39, 0.29) is 30.1 Å². The Morgan fingerprint density at radius 3 is 2.41 bits per heavy atom. The number of alkyl halides is 3. The van der Waals surface area contributed by atoms with Gasteiger partial charge < -0.3 is 19.7 Å². The van der Waals surface area contributed by atoms with Crippen molar-refractivity contribution in [3.63, 3.8) is 0 Å². The van der Waals surface area contributed by atoms with Crippen LogP contribution in [0.25, 0.3) is 0 Å². The van der Waals surface area contributed by atoms with Crippen LogP contribution in [0.2, 0.25) is 0 Å². The lowest BCUT2D eigenvalue weighted by molar-refractivity contribution is -0.137. The van der Waals surface area contributed by atoms with Crippen LogP contribution >= 0.6 is 0 Å². The zero-order valence-corrected chi connectivity index (χ0v) is 18.5. The molecule has 0 spiro atoms. The summed E-state index contributed by atoms with van der Waals surface area (Å²) in [5, 5.41) is 2.37. The maximum absolute atomic E-state index is 13.3. The van der Waals surface area contributed by atoms with Crippen LogP contribution in [-0.4, -0.2) is 45.4 Å². The van der Waals surface area contributed by atoms with Crippen molar-refractivity contribution in [2.75, 3.05) is 18.4 Å². The monoisotopic (exact) mass is 450 g/mol. The first kappa shape index (κ1) is 23.7. The van der Waals surface area contributed by atoms with E-state index in [2.05, 4.69) is 5.32 Å². The zero-order chi connectivity index (χ0) is 23.5. The molecule has 32 heavy (non-hydrogen) atoms. The van der Waals surface area contributed by atoms with E-state index in [0.29, 0.717) is 13.1 Å². The fraction of sp³-hybridized carbons (Fsp3) is 0.478. The maximum atomic E-state index is 13.3. The van der Waals surface area contributed by atoms with Crippen LogP contribution in [0.15, 0.2) is 42.6 Å². The molecule has 1 aliphatic rings. The van der Waals surface area contributed by atoms with Crippen molar-refractivity contribution in [1.82, 2.24) is 14.4 Å². The summed E-state index contributed by atoms with van der Waals surface area (Å²) in [5.41, 5.74) is -0.271. The molecule has 0 bridgehead atoms. The number of carbonyl (C=O) groups excluding carboxylic acids is 2. The first-order chi connectivity index (χ1) is 15.1. The summed E-state index contributed by atoms with van der Waals surface area (Å²) in [6, 6.07) is 7.83. The first-order valence-electron chi connectivity index (χ1n) is 10.7. The van der Waals surface area contributed by atoms with Gasteiger partial charge >= 0.3 is 12.2 Å². The van der Waals surface area contributed by atoms with Crippen LogP contribution in [0.5, 0.6) is 0 Å². The van der Waals surface area contributed by atoms with Gasteiger partial charge in [-0.25, -0.2) is 4.79 Å². The number of anilines is 1. The molecule has 0 atom stereocenters. The Kier molecular flexibility index (Phi) is 7.16. The van der Waals surface area contributed by atoms with Crippen LogP contribution in [0.4, 0.5) is 23.7 Å². The molecule has 1 aromatic heterocycles. The van der Waals surface area contributed by atoms with Gasteiger partial charge in [-0.05, 0) is 43.0 Å². The summed E-state index contributed by atoms with van der Waals surface area (Å²) >= 11 is 0. The molecule has 1 aromatic carbocycles. The van der Waals surface area contributed by atoms with Gasteiger partial charge in [0.25, 0.3) is 0 Å². The minimum Gasteiger partial charge on any atom is -0.353 e. The summed E-state index contributed by atoms with van der Waals surface area (Å²) in [4.78, 5) is 29.1. The zero-order valence-electron chi connectivity index (χ0n) is 18.5. The van der Waals surface area contributed by atoms with Crippen molar-refractivity contribution in [1.29, 1.82) is 0 Å². The molecular weight excluding hydrogens is 421 g/mol. The third kappa shape index (κ3) is 6.05. The van der Waals surface area contributed by atoms with Gasteiger partial charge in [0.15, 0.2) is 0 Å². The number of benzene rings is 1. The van der Waals surface area contributed by atoms with Gasteiger partial charge in [0.1, 0.15) is 6.54 Å². The molecule has 6 nitrogen and oxygen atoms in total. The number of nitrogens with zero attached hydrogens (tertiary/aromatic N) is 3. The average Bonchev–Trinajstić information content (AvgIpc) is 3.47. The molecule has 0 saturated heterocycles. The molecule has 0 unspecified atom stereocenters. The Morgan fingerprint density at radius 2 is 1.84 bits per heavy atom. The highest BCUT2D eigenvalue weighted by Gasteiger charge is 2.37. The molecule has 1 N–H and O–H groups in total. The second-order valence-corrected chi connectivity index (χ2v) is 8.61. The predicted octanol–water partition coefficient (Wildman–Crippen LogP) is 4.73. The second-order valence-electron chi connectivity index (χ2n) is 8.61. The standard InChI is InChI=1S/C23H29F3N4O2/c1-16(2)13-29(14-18-7-6-12-28(18)3)21(31)15-30(17-10-11-17)22(32)27-20-9-5-4-8-19(20)23(24,25)26/h4-9,12,16-17H,10-11,13-15H2,1-3H3,(H,27,32). The number of amides is 3. The Hall–Kier alpha value is -2.97. The number of halogens is 3. The summed E-state index contributed by atoms with van der Waals surface area (Å²) in [7, 11) is 1.90. The fourth-order valence-electron chi connectivity index (χ4n) is 3.58. The van der Waals surface area contributed by atoms with Gasteiger partial charge in [-0.2, -0.15) is 13.2 Å². The van der Waals surface area contributed by atoms with Crippen LogP contribution in [0, 0.1) is 5.92 Å². The number of aromatic nitrogens is 1. The number of urea groups is 1. The third-order valence-corrected chi connectivity index (χ3v) is 5.37. The largest absolute Gasteiger partial charge is 0.418 e. The van der Waals surface area contributed by atoms with Gasteiger partial charge in [-0.3, -0.25) is 4.79 Å². The Morgan fingerprint density at radius 1 is 1.16 bits per heavy atom. The molecule has 1 saturated carbocycles. The Balaban J connectivity index is 1.74. The lowest BCUT2D eigenvalue weighted by atomic mass is 10.1. The topological polar surface area (TPSA) is 57.6 Å². The van der Waals surface area contributed by atoms with Crippen molar-refractivity contribution in [2.24, 2.45) is 13.0 Å². The second kappa shape index (κ2) is 9.67. The van der Waals surface area contributed by atoms with Gasteiger partial charge in [0, 0.05) is 31.5 Å². The van der Waals surface area contributed by atoms with E-state index >= 15 is 0 Å². The van der Waals surface area contributed by atoms with Crippen LogP contribution in [-0.2, 0) is 24.6 Å². The van der Waals surface area contributed by atoms with Gasteiger partial charge in [-0.15, -0.1) is 0 Å².